The van der Waals surface area contributed by atoms with Gasteiger partial charge in [-0.25, -0.2) is 0 Å². The van der Waals surface area contributed by atoms with E-state index in [9.17, 15) is 0 Å². The van der Waals surface area contributed by atoms with E-state index >= 15 is 0 Å². The Labute approximate surface area is 207 Å². The molecule has 0 spiro atoms. The highest BCUT2D eigenvalue weighted by Gasteiger charge is 2.22. The lowest BCUT2D eigenvalue weighted by atomic mass is 10.1. The van der Waals surface area contributed by atoms with Crippen molar-refractivity contribution in [3.63, 3.8) is 0 Å². The van der Waals surface area contributed by atoms with Crippen LogP contribution >= 0.6 is 23.4 Å². The summed E-state index contributed by atoms with van der Waals surface area (Å²) in [5.41, 5.74) is 4.06. The number of thioether (sulfide) groups is 1. The molecule has 34 heavy (non-hydrogen) atoms. The van der Waals surface area contributed by atoms with E-state index in [1.165, 1.54) is 17.3 Å². The molecule has 2 aromatic heterocycles. The van der Waals surface area contributed by atoms with Crippen LogP contribution in [0.25, 0.3) is 22.8 Å². The first-order valence-electron chi connectivity index (χ1n) is 10.9. The summed E-state index contributed by atoms with van der Waals surface area (Å²) in [5.74, 6) is 1.76. The molecule has 1 atom stereocenters. The van der Waals surface area contributed by atoms with E-state index in [0.717, 1.165) is 27.7 Å². The fourth-order valence-corrected chi connectivity index (χ4v) is 4.65. The summed E-state index contributed by atoms with van der Waals surface area (Å²) in [6, 6.07) is 25.9. The second-order valence-corrected chi connectivity index (χ2v) is 9.64. The fraction of sp³-hybridized carbons (Fsp3) is 0.154. The topological polar surface area (TPSA) is 69.6 Å². The number of aryl methyl sites for hydroxylation is 1. The first-order valence-corrected chi connectivity index (χ1v) is 12.1. The van der Waals surface area contributed by atoms with Gasteiger partial charge >= 0.3 is 0 Å². The summed E-state index contributed by atoms with van der Waals surface area (Å²) >= 11 is 8.02. The molecule has 0 fully saturated rings. The lowest BCUT2D eigenvalue weighted by Gasteiger charge is -2.12. The van der Waals surface area contributed by atoms with Crippen LogP contribution < -0.4 is 0 Å². The van der Waals surface area contributed by atoms with E-state index in [1.807, 2.05) is 80.6 Å². The zero-order valence-corrected chi connectivity index (χ0v) is 20.3. The van der Waals surface area contributed by atoms with Crippen molar-refractivity contribution in [3.8, 4) is 22.8 Å². The second kappa shape index (κ2) is 9.83. The van der Waals surface area contributed by atoms with E-state index in [2.05, 4.69) is 37.1 Å². The summed E-state index contributed by atoms with van der Waals surface area (Å²) in [6.45, 7) is 4.68. The molecule has 0 aliphatic carbocycles. The average molecular weight is 488 g/mol. The van der Waals surface area contributed by atoms with Crippen molar-refractivity contribution in [2.24, 2.45) is 0 Å². The predicted molar refractivity (Wildman–Crippen MR) is 135 cm³/mol. The van der Waals surface area contributed by atoms with E-state index in [1.54, 1.807) is 0 Å². The summed E-state index contributed by atoms with van der Waals surface area (Å²) in [4.78, 5) is 0. The molecule has 0 saturated heterocycles. The van der Waals surface area contributed by atoms with Crippen LogP contribution in [0.3, 0.4) is 0 Å². The van der Waals surface area contributed by atoms with Crippen molar-refractivity contribution in [1.29, 1.82) is 0 Å². The molecule has 1 unspecified atom stereocenters. The van der Waals surface area contributed by atoms with Crippen molar-refractivity contribution in [1.82, 2.24) is 25.0 Å². The molecule has 8 heteroatoms. The molecule has 170 valence electrons. The van der Waals surface area contributed by atoms with Gasteiger partial charge in [0.1, 0.15) is 0 Å². The van der Waals surface area contributed by atoms with Gasteiger partial charge in [-0.1, -0.05) is 83.5 Å². The minimum atomic E-state index is -0.121. The van der Waals surface area contributed by atoms with Gasteiger partial charge in [-0.15, -0.1) is 20.4 Å². The molecule has 2 heterocycles. The van der Waals surface area contributed by atoms with Crippen molar-refractivity contribution in [2.45, 2.75) is 30.8 Å². The summed E-state index contributed by atoms with van der Waals surface area (Å²) in [7, 11) is 0. The lowest BCUT2D eigenvalue weighted by molar-refractivity contribution is 0.508. The third-order valence-electron chi connectivity index (χ3n) is 5.38. The van der Waals surface area contributed by atoms with Gasteiger partial charge in [-0.3, -0.25) is 4.57 Å². The number of hydrogen-bond donors (Lipinski definition) is 0. The quantitative estimate of drug-likeness (QED) is 0.233. The molecule has 0 aliphatic heterocycles. The monoisotopic (exact) mass is 487 g/mol. The number of halogens is 1. The van der Waals surface area contributed by atoms with Crippen LogP contribution in [0.15, 0.2) is 88.4 Å². The Morgan fingerprint density at radius 2 is 1.62 bits per heavy atom. The first-order chi connectivity index (χ1) is 16.6. The second-order valence-electron chi connectivity index (χ2n) is 7.93. The van der Waals surface area contributed by atoms with Gasteiger partial charge in [0.05, 0.1) is 16.8 Å². The smallest absolute Gasteiger partial charge is 0.247 e. The van der Waals surface area contributed by atoms with E-state index in [0.29, 0.717) is 23.3 Å². The molecule has 0 N–H and O–H groups in total. The van der Waals surface area contributed by atoms with Crippen LogP contribution in [0.4, 0.5) is 0 Å². The highest BCUT2D eigenvalue weighted by Crippen LogP contribution is 2.37. The number of hydrogen-bond acceptors (Lipinski definition) is 6. The van der Waals surface area contributed by atoms with Crippen LogP contribution in [0.1, 0.15) is 29.2 Å². The van der Waals surface area contributed by atoms with Gasteiger partial charge in [0.25, 0.3) is 0 Å². The fourth-order valence-electron chi connectivity index (χ4n) is 3.55. The molecular weight excluding hydrogens is 466 g/mol. The van der Waals surface area contributed by atoms with Gasteiger partial charge in [-0.05, 0) is 43.7 Å². The first kappa shape index (κ1) is 22.4. The van der Waals surface area contributed by atoms with Crippen molar-refractivity contribution < 1.29 is 4.42 Å². The Balaban J connectivity index is 1.45. The van der Waals surface area contributed by atoms with Crippen molar-refractivity contribution >= 4 is 23.4 Å². The molecule has 0 saturated carbocycles. The van der Waals surface area contributed by atoms with Crippen LogP contribution in [-0.2, 0) is 6.54 Å². The van der Waals surface area contributed by atoms with Crippen LogP contribution in [0.2, 0.25) is 5.02 Å². The van der Waals surface area contributed by atoms with E-state index < -0.39 is 0 Å². The average Bonchev–Trinajstić information content (AvgIpc) is 3.49. The zero-order valence-electron chi connectivity index (χ0n) is 18.7. The molecular formula is C26H22ClN5OS. The van der Waals surface area contributed by atoms with Gasteiger partial charge in [-0.2, -0.15) is 0 Å². The standard InChI is InChI=1S/C26H22ClN5OS/c1-17-12-14-20(15-13-17)25-30-29-24(33-25)18(2)34-26-31-28-23(21-10-6-7-11-22(21)27)32(26)16-19-8-4-3-5-9-19/h3-15,18H,16H2,1-2H3. The maximum absolute atomic E-state index is 6.49. The van der Waals surface area contributed by atoms with Crippen molar-refractivity contribution in [2.75, 3.05) is 0 Å². The van der Waals surface area contributed by atoms with Crippen LogP contribution in [-0.4, -0.2) is 25.0 Å². The molecule has 6 nitrogen and oxygen atoms in total. The molecule has 0 bridgehead atoms. The summed E-state index contributed by atoms with van der Waals surface area (Å²) in [5, 5.41) is 18.8. The number of rotatable bonds is 7. The summed E-state index contributed by atoms with van der Waals surface area (Å²) in [6.07, 6.45) is 0. The van der Waals surface area contributed by atoms with Gasteiger partial charge in [0.15, 0.2) is 11.0 Å². The van der Waals surface area contributed by atoms with Gasteiger partial charge in [0, 0.05) is 11.1 Å². The largest absolute Gasteiger partial charge is 0.419 e. The highest BCUT2D eigenvalue weighted by molar-refractivity contribution is 7.99. The number of benzene rings is 3. The lowest BCUT2D eigenvalue weighted by Crippen LogP contribution is -2.05. The Hall–Kier alpha value is -3.42. The van der Waals surface area contributed by atoms with Crippen molar-refractivity contribution in [3.05, 3.63) is 101 Å². The molecule has 0 amide bonds. The Morgan fingerprint density at radius 3 is 2.38 bits per heavy atom. The molecule has 3 aromatic carbocycles. The normalized spacial score (nSPS) is 12.1. The maximum Gasteiger partial charge on any atom is 0.247 e. The van der Waals surface area contributed by atoms with Crippen LogP contribution in [0, 0.1) is 6.92 Å². The third kappa shape index (κ3) is 4.76. The minimum Gasteiger partial charge on any atom is -0.419 e. The Kier molecular flexibility index (Phi) is 6.47. The number of nitrogens with zero attached hydrogens (tertiary/aromatic N) is 5. The minimum absolute atomic E-state index is 0.121. The van der Waals surface area contributed by atoms with Gasteiger partial charge < -0.3 is 4.42 Å². The van der Waals surface area contributed by atoms with E-state index in [4.69, 9.17) is 16.0 Å². The predicted octanol–water partition coefficient (Wildman–Crippen LogP) is 6.86. The third-order valence-corrected chi connectivity index (χ3v) is 6.78. The molecule has 5 rings (SSSR count). The Morgan fingerprint density at radius 1 is 0.882 bits per heavy atom. The maximum atomic E-state index is 6.49. The van der Waals surface area contributed by atoms with Gasteiger partial charge in [0.2, 0.25) is 11.8 Å². The molecule has 0 radical (unpaired) electrons. The van der Waals surface area contributed by atoms with Crippen LogP contribution in [0.5, 0.6) is 0 Å². The number of aromatic nitrogens is 5. The zero-order chi connectivity index (χ0) is 23.5. The SMILES string of the molecule is Cc1ccc(-c2nnc(C(C)Sc3nnc(-c4ccccc4Cl)n3Cc3ccccc3)o2)cc1. The highest BCUT2D eigenvalue weighted by atomic mass is 35.5. The molecule has 0 aliphatic rings. The Bertz CT molecular complexity index is 1400. The van der Waals surface area contributed by atoms with E-state index in [-0.39, 0.29) is 5.25 Å². The summed E-state index contributed by atoms with van der Waals surface area (Å²) < 4.78 is 8.07. The molecule has 5 aromatic rings.